The number of benzene rings is 1. The molecule has 0 amide bonds. The SMILES string of the molecule is O=[N+]([O-])c1ccc(N2CCN(Cn3nc(-c4cccs4)oc3=S)CC2)cc1. The molecule has 0 unspecified atom stereocenters. The van der Waals surface area contributed by atoms with Crippen molar-refractivity contribution in [2.24, 2.45) is 0 Å². The van der Waals surface area contributed by atoms with Crippen LogP contribution in [0.5, 0.6) is 0 Å². The van der Waals surface area contributed by atoms with Gasteiger partial charge < -0.3 is 9.32 Å². The van der Waals surface area contributed by atoms with E-state index in [4.69, 9.17) is 16.6 Å². The Morgan fingerprint density at radius 3 is 2.56 bits per heavy atom. The Morgan fingerprint density at radius 1 is 1.19 bits per heavy atom. The normalized spacial score (nSPS) is 15.2. The lowest BCUT2D eigenvalue weighted by molar-refractivity contribution is -0.384. The number of hydrogen-bond donors (Lipinski definition) is 0. The summed E-state index contributed by atoms with van der Waals surface area (Å²) in [5.74, 6) is 0.555. The van der Waals surface area contributed by atoms with Crippen molar-refractivity contribution in [3.63, 3.8) is 0 Å². The fourth-order valence-electron chi connectivity index (χ4n) is 3.02. The first kappa shape index (κ1) is 17.8. The number of nitro benzene ring substituents is 1. The van der Waals surface area contributed by atoms with Crippen LogP contribution >= 0.6 is 23.6 Å². The highest BCUT2D eigenvalue weighted by molar-refractivity contribution is 7.71. The largest absolute Gasteiger partial charge is 0.408 e. The van der Waals surface area contributed by atoms with Crippen LogP contribution < -0.4 is 4.90 Å². The maximum atomic E-state index is 10.8. The summed E-state index contributed by atoms with van der Waals surface area (Å²) in [6, 6.07) is 10.6. The number of hydrogen-bond acceptors (Lipinski definition) is 8. The Balaban J connectivity index is 1.37. The third-order valence-electron chi connectivity index (χ3n) is 4.47. The van der Waals surface area contributed by atoms with Crippen LogP contribution in [0.1, 0.15) is 0 Å². The van der Waals surface area contributed by atoms with Crippen molar-refractivity contribution in [2.75, 3.05) is 31.1 Å². The van der Waals surface area contributed by atoms with Crippen LogP contribution in [0.25, 0.3) is 10.8 Å². The Hall–Kier alpha value is -2.56. The number of nitro groups is 1. The molecule has 0 saturated carbocycles. The molecule has 0 atom stereocenters. The molecule has 1 aliphatic rings. The number of piperazine rings is 1. The van der Waals surface area contributed by atoms with Crippen LogP contribution in [0.15, 0.2) is 46.2 Å². The molecule has 8 nitrogen and oxygen atoms in total. The number of non-ortho nitro benzene ring substituents is 1. The van der Waals surface area contributed by atoms with Gasteiger partial charge in [0, 0.05) is 44.0 Å². The number of anilines is 1. The second kappa shape index (κ2) is 7.59. The Morgan fingerprint density at radius 2 is 1.93 bits per heavy atom. The third kappa shape index (κ3) is 3.92. The van der Waals surface area contributed by atoms with Crippen molar-refractivity contribution in [3.8, 4) is 10.8 Å². The fourth-order valence-corrected chi connectivity index (χ4v) is 3.84. The molecule has 0 aliphatic carbocycles. The average molecular weight is 403 g/mol. The minimum absolute atomic E-state index is 0.110. The second-order valence-corrected chi connectivity index (χ2v) is 7.47. The van der Waals surface area contributed by atoms with Gasteiger partial charge in [0.15, 0.2) is 0 Å². The first-order valence-electron chi connectivity index (χ1n) is 8.44. The molecular weight excluding hydrogens is 386 g/mol. The maximum absolute atomic E-state index is 10.8. The van der Waals surface area contributed by atoms with Crippen molar-refractivity contribution in [1.29, 1.82) is 0 Å². The first-order valence-corrected chi connectivity index (χ1v) is 9.72. The summed E-state index contributed by atoms with van der Waals surface area (Å²) < 4.78 is 7.32. The van der Waals surface area contributed by atoms with E-state index in [1.54, 1.807) is 40.3 Å². The molecule has 0 spiro atoms. The molecule has 1 aromatic carbocycles. The van der Waals surface area contributed by atoms with E-state index in [-0.39, 0.29) is 10.6 Å². The lowest BCUT2D eigenvalue weighted by Gasteiger charge is -2.35. The van der Waals surface area contributed by atoms with Crippen LogP contribution in [0, 0.1) is 15.0 Å². The smallest absolute Gasteiger partial charge is 0.288 e. The van der Waals surface area contributed by atoms with E-state index in [0.29, 0.717) is 17.4 Å². The molecule has 4 rings (SSSR count). The highest BCUT2D eigenvalue weighted by Crippen LogP contribution is 2.24. The maximum Gasteiger partial charge on any atom is 0.288 e. The molecule has 2 aromatic heterocycles. The molecule has 1 fully saturated rings. The van der Waals surface area contributed by atoms with Crippen LogP contribution in [0.3, 0.4) is 0 Å². The van der Waals surface area contributed by atoms with Gasteiger partial charge in [-0.25, -0.2) is 4.68 Å². The molecule has 3 heterocycles. The van der Waals surface area contributed by atoms with Crippen molar-refractivity contribution >= 4 is 34.9 Å². The standard InChI is InChI=1S/C17H17N5O3S2/c23-22(24)14-5-3-13(4-6-14)20-9-7-19(8-10-20)12-21-17(26)25-16(18-21)15-2-1-11-27-15/h1-6,11H,7-10,12H2. The highest BCUT2D eigenvalue weighted by atomic mass is 32.1. The van der Waals surface area contributed by atoms with Gasteiger partial charge in [0.05, 0.1) is 16.5 Å². The third-order valence-corrected chi connectivity index (χ3v) is 5.62. The van der Waals surface area contributed by atoms with Gasteiger partial charge in [0.25, 0.3) is 16.4 Å². The minimum atomic E-state index is -0.381. The van der Waals surface area contributed by atoms with Gasteiger partial charge in [-0.1, -0.05) is 6.07 Å². The second-order valence-electron chi connectivity index (χ2n) is 6.17. The van der Waals surface area contributed by atoms with Gasteiger partial charge in [0.2, 0.25) is 0 Å². The predicted molar refractivity (Wildman–Crippen MR) is 106 cm³/mol. The number of aromatic nitrogens is 2. The quantitative estimate of drug-likeness (QED) is 0.366. The molecule has 1 saturated heterocycles. The lowest BCUT2D eigenvalue weighted by atomic mass is 10.2. The van der Waals surface area contributed by atoms with Gasteiger partial charge in [-0.05, 0) is 35.8 Å². The molecule has 10 heteroatoms. The predicted octanol–water partition coefficient (Wildman–Crippen LogP) is 3.62. The fraction of sp³-hybridized carbons (Fsp3) is 0.294. The lowest BCUT2D eigenvalue weighted by Crippen LogP contribution is -2.46. The zero-order chi connectivity index (χ0) is 18.8. The highest BCUT2D eigenvalue weighted by Gasteiger charge is 2.19. The summed E-state index contributed by atoms with van der Waals surface area (Å²) in [7, 11) is 0. The molecule has 1 aliphatic heterocycles. The molecular formula is C17H17N5O3S2. The Labute approximate surface area is 164 Å². The Bertz CT molecular complexity index is 973. The molecule has 0 bridgehead atoms. The van der Waals surface area contributed by atoms with E-state index in [1.807, 2.05) is 17.5 Å². The van der Waals surface area contributed by atoms with Crippen molar-refractivity contribution in [3.05, 3.63) is 56.7 Å². The molecule has 140 valence electrons. The summed E-state index contributed by atoms with van der Waals surface area (Å²) in [5.41, 5.74) is 1.11. The van der Waals surface area contributed by atoms with Crippen molar-refractivity contribution < 1.29 is 9.34 Å². The van der Waals surface area contributed by atoms with E-state index in [2.05, 4.69) is 14.9 Å². The summed E-state index contributed by atoms with van der Waals surface area (Å²) in [5, 5.41) is 17.2. The van der Waals surface area contributed by atoms with Gasteiger partial charge in [-0.2, -0.15) is 0 Å². The summed E-state index contributed by atoms with van der Waals surface area (Å²) >= 11 is 6.86. The van der Waals surface area contributed by atoms with E-state index < -0.39 is 0 Å². The van der Waals surface area contributed by atoms with E-state index >= 15 is 0 Å². The number of nitrogens with zero attached hydrogens (tertiary/aromatic N) is 5. The van der Waals surface area contributed by atoms with Crippen LogP contribution in [-0.2, 0) is 6.67 Å². The zero-order valence-corrected chi connectivity index (χ0v) is 16.0. The molecule has 0 N–H and O–H groups in total. The number of rotatable bonds is 5. The molecule has 3 aromatic rings. The average Bonchev–Trinajstić information content (AvgIpc) is 3.33. The molecule has 0 radical (unpaired) electrons. The van der Waals surface area contributed by atoms with Gasteiger partial charge in [-0.3, -0.25) is 15.0 Å². The van der Waals surface area contributed by atoms with Crippen molar-refractivity contribution in [2.45, 2.75) is 6.67 Å². The summed E-state index contributed by atoms with van der Waals surface area (Å²) in [6.45, 7) is 3.95. The van der Waals surface area contributed by atoms with Crippen molar-refractivity contribution in [1.82, 2.24) is 14.7 Å². The van der Waals surface area contributed by atoms with Crippen LogP contribution in [-0.4, -0.2) is 45.8 Å². The summed E-state index contributed by atoms with van der Waals surface area (Å²) in [6.07, 6.45) is 0. The summed E-state index contributed by atoms with van der Waals surface area (Å²) in [4.78, 5) is 16.2. The monoisotopic (exact) mass is 403 g/mol. The molecule has 27 heavy (non-hydrogen) atoms. The first-order chi connectivity index (χ1) is 13.1. The zero-order valence-electron chi connectivity index (χ0n) is 14.4. The number of thiophene rings is 1. The topological polar surface area (TPSA) is 80.6 Å². The van der Waals surface area contributed by atoms with E-state index in [9.17, 15) is 10.1 Å². The van der Waals surface area contributed by atoms with Crippen LogP contribution in [0.4, 0.5) is 11.4 Å². The minimum Gasteiger partial charge on any atom is -0.408 e. The van der Waals surface area contributed by atoms with Crippen LogP contribution in [0.2, 0.25) is 0 Å². The van der Waals surface area contributed by atoms with E-state index in [1.165, 1.54) is 0 Å². The Kier molecular flexibility index (Phi) is 5.01. The van der Waals surface area contributed by atoms with E-state index in [0.717, 1.165) is 36.7 Å². The van der Waals surface area contributed by atoms with Gasteiger partial charge >= 0.3 is 0 Å². The van der Waals surface area contributed by atoms with Gasteiger partial charge in [0.1, 0.15) is 0 Å². The van der Waals surface area contributed by atoms with Gasteiger partial charge in [-0.15, -0.1) is 16.4 Å².